The monoisotopic (exact) mass is 257 g/mol. The SMILES string of the molecule is Cc1ccc(N2CCCCC2)c(-c2cnoc2N)c1. The average molecular weight is 257 g/mol. The topological polar surface area (TPSA) is 55.3 Å². The number of hydrogen-bond acceptors (Lipinski definition) is 4. The van der Waals surface area contributed by atoms with Gasteiger partial charge in [0, 0.05) is 24.3 Å². The van der Waals surface area contributed by atoms with Crippen molar-refractivity contribution in [2.24, 2.45) is 0 Å². The Hall–Kier alpha value is -1.97. The second-order valence-electron chi connectivity index (χ2n) is 5.17. The molecule has 0 unspecified atom stereocenters. The molecular formula is C15H19N3O. The fourth-order valence-electron chi connectivity index (χ4n) is 2.73. The molecule has 1 saturated heterocycles. The minimum Gasteiger partial charge on any atom is -0.371 e. The normalized spacial score (nSPS) is 15.7. The van der Waals surface area contributed by atoms with Gasteiger partial charge in [0.25, 0.3) is 0 Å². The molecule has 4 nitrogen and oxygen atoms in total. The lowest BCUT2D eigenvalue weighted by atomic mass is 10.0. The number of hydrogen-bond donors (Lipinski definition) is 1. The zero-order valence-corrected chi connectivity index (χ0v) is 11.2. The van der Waals surface area contributed by atoms with Crippen molar-refractivity contribution in [3.8, 4) is 11.1 Å². The highest BCUT2D eigenvalue weighted by atomic mass is 16.5. The summed E-state index contributed by atoms with van der Waals surface area (Å²) >= 11 is 0. The van der Waals surface area contributed by atoms with Gasteiger partial charge >= 0.3 is 0 Å². The van der Waals surface area contributed by atoms with Crippen molar-refractivity contribution in [1.82, 2.24) is 5.16 Å². The maximum Gasteiger partial charge on any atom is 0.230 e. The Morgan fingerprint density at radius 2 is 1.95 bits per heavy atom. The van der Waals surface area contributed by atoms with Crippen LogP contribution in [-0.4, -0.2) is 18.2 Å². The highest BCUT2D eigenvalue weighted by Crippen LogP contribution is 2.36. The molecule has 0 radical (unpaired) electrons. The summed E-state index contributed by atoms with van der Waals surface area (Å²) in [6, 6.07) is 6.49. The first-order valence-electron chi connectivity index (χ1n) is 6.82. The predicted octanol–water partition coefficient (Wildman–Crippen LogP) is 3.22. The van der Waals surface area contributed by atoms with Crippen LogP contribution < -0.4 is 10.6 Å². The molecule has 19 heavy (non-hydrogen) atoms. The Bertz CT molecular complexity index is 571. The van der Waals surface area contributed by atoms with Crippen LogP contribution in [0.1, 0.15) is 24.8 Å². The van der Waals surface area contributed by atoms with Gasteiger partial charge in [-0.1, -0.05) is 16.8 Å². The van der Waals surface area contributed by atoms with Gasteiger partial charge in [0.2, 0.25) is 5.88 Å². The third-order valence-corrected chi connectivity index (χ3v) is 3.74. The van der Waals surface area contributed by atoms with E-state index in [0.29, 0.717) is 5.88 Å². The van der Waals surface area contributed by atoms with Gasteiger partial charge in [0.05, 0.1) is 11.8 Å². The van der Waals surface area contributed by atoms with Crippen LogP contribution in [0.4, 0.5) is 11.6 Å². The molecule has 3 rings (SSSR count). The second kappa shape index (κ2) is 4.96. The van der Waals surface area contributed by atoms with Crippen LogP contribution in [0.2, 0.25) is 0 Å². The number of rotatable bonds is 2. The van der Waals surface area contributed by atoms with E-state index in [1.54, 1.807) is 6.20 Å². The Morgan fingerprint density at radius 3 is 2.63 bits per heavy atom. The van der Waals surface area contributed by atoms with Crippen molar-refractivity contribution < 1.29 is 4.52 Å². The molecule has 100 valence electrons. The molecule has 1 aromatic heterocycles. The van der Waals surface area contributed by atoms with Gasteiger partial charge in [0.1, 0.15) is 0 Å². The summed E-state index contributed by atoms with van der Waals surface area (Å²) in [4.78, 5) is 2.44. The Morgan fingerprint density at radius 1 is 1.16 bits per heavy atom. The molecule has 2 N–H and O–H groups in total. The molecule has 2 aromatic rings. The van der Waals surface area contributed by atoms with E-state index in [0.717, 1.165) is 24.2 Å². The van der Waals surface area contributed by atoms with E-state index in [1.165, 1.54) is 30.5 Å². The highest BCUT2D eigenvalue weighted by molar-refractivity contribution is 5.83. The molecule has 0 atom stereocenters. The third kappa shape index (κ3) is 2.30. The first-order chi connectivity index (χ1) is 9.25. The first-order valence-corrected chi connectivity index (χ1v) is 6.82. The van der Waals surface area contributed by atoms with Crippen molar-refractivity contribution in [1.29, 1.82) is 0 Å². The maximum absolute atomic E-state index is 5.87. The van der Waals surface area contributed by atoms with Crippen molar-refractivity contribution in [2.45, 2.75) is 26.2 Å². The first kappa shape index (κ1) is 12.1. The number of aryl methyl sites for hydroxylation is 1. The smallest absolute Gasteiger partial charge is 0.230 e. The highest BCUT2D eigenvalue weighted by Gasteiger charge is 2.18. The van der Waals surface area contributed by atoms with Crippen LogP contribution in [0.15, 0.2) is 28.9 Å². The Kier molecular flexibility index (Phi) is 3.15. The van der Waals surface area contributed by atoms with Crippen molar-refractivity contribution in [3.63, 3.8) is 0 Å². The molecule has 4 heteroatoms. The summed E-state index contributed by atoms with van der Waals surface area (Å²) in [6.07, 6.45) is 5.55. The number of piperidine rings is 1. The van der Waals surface area contributed by atoms with E-state index in [2.05, 4.69) is 35.2 Å². The zero-order valence-electron chi connectivity index (χ0n) is 11.2. The average Bonchev–Trinajstić information content (AvgIpc) is 2.86. The van der Waals surface area contributed by atoms with E-state index in [9.17, 15) is 0 Å². The van der Waals surface area contributed by atoms with Gasteiger partial charge in [-0.3, -0.25) is 0 Å². The van der Waals surface area contributed by atoms with Gasteiger partial charge in [-0.25, -0.2) is 0 Å². The van der Waals surface area contributed by atoms with Crippen LogP contribution in [0, 0.1) is 6.92 Å². The van der Waals surface area contributed by atoms with Crippen LogP contribution >= 0.6 is 0 Å². The zero-order chi connectivity index (χ0) is 13.2. The lowest BCUT2D eigenvalue weighted by Crippen LogP contribution is -2.29. The lowest BCUT2D eigenvalue weighted by Gasteiger charge is -2.30. The number of aromatic nitrogens is 1. The largest absolute Gasteiger partial charge is 0.371 e. The third-order valence-electron chi connectivity index (χ3n) is 3.74. The van der Waals surface area contributed by atoms with E-state index in [-0.39, 0.29) is 0 Å². The molecule has 2 heterocycles. The van der Waals surface area contributed by atoms with Gasteiger partial charge in [-0.05, 0) is 38.3 Å². The van der Waals surface area contributed by atoms with Crippen LogP contribution in [-0.2, 0) is 0 Å². The number of nitrogens with zero attached hydrogens (tertiary/aromatic N) is 2. The molecule has 1 aliphatic rings. The van der Waals surface area contributed by atoms with Crippen LogP contribution in [0.25, 0.3) is 11.1 Å². The summed E-state index contributed by atoms with van der Waals surface area (Å²) < 4.78 is 5.01. The molecule has 1 aromatic carbocycles. The van der Waals surface area contributed by atoms with Crippen LogP contribution in [0.3, 0.4) is 0 Å². The fraction of sp³-hybridized carbons (Fsp3) is 0.400. The van der Waals surface area contributed by atoms with Gasteiger partial charge < -0.3 is 15.2 Å². The van der Waals surface area contributed by atoms with E-state index >= 15 is 0 Å². The van der Waals surface area contributed by atoms with Gasteiger partial charge in [-0.2, -0.15) is 0 Å². The molecular weight excluding hydrogens is 238 g/mol. The molecule has 0 bridgehead atoms. The summed E-state index contributed by atoms with van der Waals surface area (Å²) in [6.45, 7) is 4.32. The minimum atomic E-state index is 0.392. The number of benzene rings is 1. The standard InChI is InChI=1S/C15H19N3O/c1-11-5-6-14(18-7-3-2-4-8-18)12(9-11)13-10-17-19-15(13)16/h5-6,9-10H,2-4,7-8,16H2,1H3. The molecule has 0 amide bonds. The molecule has 1 fully saturated rings. The van der Waals surface area contributed by atoms with Crippen LogP contribution in [0.5, 0.6) is 0 Å². The quantitative estimate of drug-likeness (QED) is 0.897. The summed E-state index contributed by atoms with van der Waals surface area (Å²) in [5.74, 6) is 0.392. The number of nitrogen functional groups attached to an aromatic ring is 1. The Labute approximate surface area is 113 Å². The summed E-state index contributed by atoms with van der Waals surface area (Å²) in [7, 11) is 0. The fourth-order valence-corrected chi connectivity index (χ4v) is 2.73. The maximum atomic E-state index is 5.87. The summed E-state index contributed by atoms with van der Waals surface area (Å²) in [5.41, 5.74) is 10.3. The lowest BCUT2D eigenvalue weighted by molar-refractivity contribution is 0.436. The molecule has 0 aliphatic carbocycles. The second-order valence-corrected chi connectivity index (χ2v) is 5.17. The van der Waals surface area contributed by atoms with Crippen molar-refractivity contribution in [2.75, 3.05) is 23.7 Å². The molecule has 0 spiro atoms. The van der Waals surface area contributed by atoms with E-state index in [4.69, 9.17) is 10.3 Å². The Balaban J connectivity index is 2.06. The number of anilines is 2. The van der Waals surface area contributed by atoms with E-state index < -0.39 is 0 Å². The molecule has 1 aliphatic heterocycles. The van der Waals surface area contributed by atoms with Gasteiger partial charge in [0.15, 0.2) is 0 Å². The summed E-state index contributed by atoms with van der Waals surface area (Å²) in [5, 5.41) is 3.80. The minimum absolute atomic E-state index is 0.392. The molecule has 0 saturated carbocycles. The van der Waals surface area contributed by atoms with Gasteiger partial charge in [-0.15, -0.1) is 0 Å². The number of nitrogens with two attached hydrogens (primary N) is 1. The van der Waals surface area contributed by atoms with Crippen molar-refractivity contribution in [3.05, 3.63) is 30.0 Å². The predicted molar refractivity (Wildman–Crippen MR) is 77.2 cm³/mol. The van der Waals surface area contributed by atoms with Crippen molar-refractivity contribution >= 4 is 11.6 Å². The van der Waals surface area contributed by atoms with E-state index in [1.807, 2.05) is 0 Å².